The first-order chi connectivity index (χ1) is 20.0. The standard InChI is InChI=1S/C30H39Cl3N4O5/c1-30(18-42-24-8-6-7-21(31)27(24)33,26-9-4-3-5-12-37(26)29(39)40)36-13-10-19(11-14-36)17-35-28(38)20-15-22(32)23(34)16-25(20)41-2/h6-8,15-16,19,26H,3-5,9-14,17-18,34H2,1-2H3,(H,35,38)(H,39,40). The molecule has 0 aromatic heterocycles. The summed E-state index contributed by atoms with van der Waals surface area (Å²) in [4.78, 5) is 29.3. The number of amides is 2. The summed E-state index contributed by atoms with van der Waals surface area (Å²) < 4.78 is 11.6. The SMILES string of the molecule is COc1cc(N)c(Cl)cc1C(=O)NCC1CCN(C(C)(COc2cccc(Cl)c2Cl)C2CCCCCN2C(=O)O)CC1. The van der Waals surface area contributed by atoms with Gasteiger partial charge in [-0.15, -0.1) is 0 Å². The molecule has 0 bridgehead atoms. The number of hydrogen-bond acceptors (Lipinski definition) is 6. The molecule has 4 rings (SSSR count). The molecule has 2 aromatic rings. The van der Waals surface area contributed by atoms with Crippen LogP contribution in [-0.4, -0.2) is 78.4 Å². The van der Waals surface area contributed by atoms with Gasteiger partial charge in [-0.25, -0.2) is 4.79 Å². The third-order valence-electron chi connectivity index (χ3n) is 8.60. The van der Waals surface area contributed by atoms with Crippen LogP contribution in [0.15, 0.2) is 30.3 Å². The highest BCUT2D eigenvalue weighted by molar-refractivity contribution is 6.42. The van der Waals surface area contributed by atoms with Gasteiger partial charge in [-0.3, -0.25) is 9.69 Å². The summed E-state index contributed by atoms with van der Waals surface area (Å²) >= 11 is 18.8. The second-order valence-corrected chi connectivity index (χ2v) is 12.4. The number of methoxy groups -OCH3 is 1. The molecular formula is C30H39Cl3N4O5. The number of benzene rings is 2. The van der Waals surface area contributed by atoms with Gasteiger partial charge in [0.15, 0.2) is 0 Å². The zero-order valence-electron chi connectivity index (χ0n) is 24.0. The average molecular weight is 642 g/mol. The maximum absolute atomic E-state index is 13.0. The van der Waals surface area contributed by atoms with Gasteiger partial charge < -0.3 is 30.5 Å². The van der Waals surface area contributed by atoms with Crippen molar-refractivity contribution in [1.29, 1.82) is 0 Å². The Morgan fingerprint density at radius 2 is 1.79 bits per heavy atom. The second kappa shape index (κ2) is 14.3. The summed E-state index contributed by atoms with van der Waals surface area (Å²) in [5.41, 5.74) is 5.92. The summed E-state index contributed by atoms with van der Waals surface area (Å²) in [6, 6.07) is 8.07. The van der Waals surface area contributed by atoms with Crippen molar-refractivity contribution in [2.75, 3.05) is 45.6 Å². The highest BCUT2D eigenvalue weighted by atomic mass is 35.5. The third-order valence-corrected chi connectivity index (χ3v) is 9.73. The Balaban J connectivity index is 1.47. The zero-order valence-corrected chi connectivity index (χ0v) is 26.3. The van der Waals surface area contributed by atoms with E-state index in [0.29, 0.717) is 50.9 Å². The number of carboxylic acid groups (broad SMARTS) is 1. The number of rotatable bonds is 9. The number of nitrogens with two attached hydrogens (primary N) is 1. The van der Waals surface area contributed by atoms with Crippen molar-refractivity contribution in [3.63, 3.8) is 0 Å². The van der Waals surface area contributed by atoms with Crippen molar-refractivity contribution < 1.29 is 24.2 Å². The van der Waals surface area contributed by atoms with Crippen molar-refractivity contribution in [3.8, 4) is 11.5 Å². The summed E-state index contributed by atoms with van der Waals surface area (Å²) in [5, 5.41) is 14.2. The zero-order chi connectivity index (χ0) is 30.4. The van der Waals surface area contributed by atoms with Crippen LogP contribution in [0.1, 0.15) is 55.8 Å². The molecule has 12 heteroatoms. The fourth-order valence-electron chi connectivity index (χ4n) is 6.10. The van der Waals surface area contributed by atoms with Crippen molar-refractivity contribution in [2.24, 2.45) is 5.92 Å². The summed E-state index contributed by atoms with van der Waals surface area (Å²) in [6.07, 6.45) is 4.26. The predicted octanol–water partition coefficient (Wildman–Crippen LogP) is 6.44. The van der Waals surface area contributed by atoms with Gasteiger partial charge in [0, 0.05) is 19.2 Å². The van der Waals surface area contributed by atoms with E-state index in [4.69, 9.17) is 50.0 Å². The first-order valence-electron chi connectivity index (χ1n) is 14.3. The van der Waals surface area contributed by atoms with Gasteiger partial charge in [-0.05, 0) is 69.8 Å². The van der Waals surface area contributed by atoms with Crippen molar-refractivity contribution >= 4 is 52.5 Å². The minimum atomic E-state index is -0.912. The Kier molecular flexibility index (Phi) is 11.0. The van der Waals surface area contributed by atoms with Crippen molar-refractivity contribution in [2.45, 2.75) is 57.0 Å². The van der Waals surface area contributed by atoms with E-state index in [-0.39, 0.29) is 24.5 Å². The number of anilines is 1. The first kappa shape index (κ1) is 32.3. The topological polar surface area (TPSA) is 117 Å². The molecule has 2 amide bonds. The second-order valence-electron chi connectivity index (χ2n) is 11.3. The van der Waals surface area contributed by atoms with Crippen LogP contribution in [0.25, 0.3) is 0 Å². The molecule has 2 atom stereocenters. The van der Waals surface area contributed by atoms with Crippen LogP contribution in [0.3, 0.4) is 0 Å². The average Bonchev–Trinajstić information content (AvgIpc) is 3.25. The number of carbonyl (C=O) groups excluding carboxylic acids is 1. The van der Waals surface area contributed by atoms with Crippen LogP contribution in [0, 0.1) is 5.92 Å². The number of hydrogen-bond donors (Lipinski definition) is 3. The third kappa shape index (κ3) is 7.30. The van der Waals surface area contributed by atoms with Gasteiger partial charge in [0.2, 0.25) is 0 Å². The smallest absolute Gasteiger partial charge is 0.407 e. The fourth-order valence-corrected chi connectivity index (χ4v) is 6.61. The molecule has 0 saturated carbocycles. The lowest BCUT2D eigenvalue weighted by Crippen LogP contribution is -2.65. The van der Waals surface area contributed by atoms with Crippen LogP contribution in [-0.2, 0) is 0 Å². The predicted molar refractivity (Wildman–Crippen MR) is 166 cm³/mol. The van der Waals surface area contributed by atoms with Gasteiger partial charge in [0.1, 0.15) is 23.1 Å². The number of carbonyl (C=O) groups is 2. The maximum Gasteiger partial charge on any atom is 0.407 e. The lowest BCUT2D eigenvalue weighted by atomic mass is 9.83. The number of piperidine rings is 1. The van der Waals surface area contributed by atoms with Gasteiger partial charge >= 0.3 is 6.09 Å². The van der Waals surface area contributed by atoms with E-state index in [2.05, 4.69) is 17.1 Å². The molecule has 2 unspecified atom stereocenters. The number of nitrogens with zero attached hydrogens (tertiary/aromatic N) is 2. The number of likely N-dealkylation sites (tertiary alicyclic amines) is 2. The minimum absolute atomic E-state index is 0.248. The lowest BCUT2D eigenvalue weighted by Gasteiger charge is -2.51. The quantitative estimate of drug-likeness (QED) is 0.270. The van der Waals surface area contributed by atoms with E-state index < -0.39 is 11.6 Å². The molecule has 9 nitrogen and oxygen atoms in total. The Bertz CT molecular complexity index is 1270. The minimum Gasteiger partial charge on any atom is -0.496 e. The highest BCUT2D eigenvalue weighted by Crippen LogP contribution is 2.37. The van der Waals surface area contributed by atoms with E-state index in [0.717, 1.165) is 51.6 Å². The molecule has 2 aliphatic rings. The summed E-state index contributed by atoms with van der Waals surface area (Å²) in [7, 11) is 1.48. The molecule has 0 spiro atoms. The summed E-state index contributed by atoms with van der Waals surface area (Å²) in [5.74, 6) is 0.814. The van der Waals surface area contributed by atoms with E-state index in [1.54, 1.807) is 29.2 Å². The van der Waals surface area contributed by atoms with Crippen LogP contribution in [0.5, 0.6) is 11.5 Å². The summed E-state index contributed by atoms with van der Waals surface area (Å²) in [6.45, 7) is 4.79. The molecule has 0 radical (unpaired) electrons. The fraction of sp³-hybridized carbons (Fsp3) is 0.533. The van der Waals surface area contributed by atoms with Crippen LogP contribution in [0.4, 0.5) is 10.5 Å². The largest absolute Gasteiger partial charge is 0.496 e. The number of halogens is 3. The molecule has 2 fully saturated rings. The highest BCUT2D eigenvalue weighted by Gasteiger charge is 2.46. The Morgan fingerprint density at radius 3 is 2.48 bits per heavy atom. The molecule has 2 aromatic carbocycles. The Labute approximate surface area is 262 Å². The molecule has 2 heterocycles. The van der Waals surface area contributed by atoms with Gasteiger partial charge in [-0.1, -0.05) is 53.7 Å². The monoisotopic (exact) mass is 640 g/mol. The Morgan fingerprint density at radius 1 is 1.05 bits per heavy atom. The van der Waals surface area contributed by atoms with Gasteiger partial charge in [0.25, 0.3) is 5.91 Å². The van der Waals surface area contributed by atoms with E-state index >= 15 is 0 Å². The molecule has 2 saturated heterocycles. The first-order valence-corrected chi connectivity index (χ1v) is 15.4. The maximum atomic E-state index is 13.0. The van der Waals surface area contributed by atoms with E-state index in [1.165, 1.54) is 13.2 Å². The van der Waals surface area contributed by atoms with Crippen LogP contribution in [0.2, 0.25) is 15.1 Å². The normalized spacial score (nSPS) is 19.9. The Hall–Kier alpha value is -2.59. The van der Waals surface area contributed by atoms with Crippen molar-refractivity contribution in [3.05, 3.63) is 51.0 Å². The number of ether oxygens (including phenoxy) is 2. The van der Waals surface area contributed by atoms with Crippen LogP contribution >= 0.6 is 34.8 Å². The van der Waals surface area contributed by atoms with Crippen molar-refractivity contribution in [1.82, 2.24) is 15.1 Å². The number of nitrogens with one attached hydrogen (secondary N) is 1. The van der Waals surface area contributed by atoms with E-state index in [9.17, 15) is 14.7 Å². The molecular weight excluding hydrogens is 603 g/mol. The number of nitrogen functional groups attached to an aromatic ring is 1. The molecule has 2 aliphatic heterocycles. The molecule has 42 heavy (non-hydrogen) atoms. The van der Waals surface area contributed by atoms with Gasteiger partial charge in [-0.2, -0.15) is 0 Å². The molecule has 0 aliphatic carbocycles. The van der Waals surface area contributed by atoms with E-state index in [1.807, 2.05) is 0 Å². The van der Waals surface area contributed by atoms with Crippen LogP contribution < -0.4 is 20.5 Å². The lowest BCUT2D eigenvalue weighted by molar-refractivity contribution is -0.0339. The van der Waals surface area contributed by atoms with Gasteiger partial charge in [0.05, 0.1) is 40.0 Å². The molecule has 230 valence electrons. The molecule has 4 N–H and O–H groups in total.